The fourth-order valence-corrected chi connectivity index (χ4v) is 2.84. The zero-order valence-corrected chi connectivity index (χ0v) is 13.3. The number of carbonyl (C=O) groups excluding carboxylic acids is 1. The van der Waals surface area contributed by atoms with Gasteiger partial charge in [-0.15, -0.1) is 0 Å². The number of carboxylic acid groups (broad SMARTS) is 1. The number of aromatic carboxylic acids is 1. The summed E-state index contributed by atoms with van der Waals surface area (Å²) >= 11 is 0. The summed E-state index contributed by atoms with van der Waals surface area (Å²) in [7, 11) is 1.40. The van der Waals surface area contributed by atoms with Crippen LogP contribution in [0.25, 0.3) is 21.9 Å². The maximum absolute atomic E-state index is 11.5. The van der Waals surface area contributed by atoms with Crippen LogP contribution < -0.4 is 10.5 Å². The molecule has 0 saturated carbocycles. The molecule has 0 unspecified atom stereocenters. The Morgan fingerprint density at radius 1 is 1.04 bits per heavy atom. The van der Waals surface area contributed by atoms with Gasteiger partial charge in [-0.25, -0.2) is 4.79 Å². The summed E-state index contributed by atoms with van der Waals surface area (Å²) in [4.78, 5) is 22.9. The van der Waals surface area contributed by atoms with Gasteiger partial charge in [-0.2, -0.15) is 0 Å². The molecule has 126 valence electrons. The Morgan fingerprint density at radius 2 is 1.76 bits per heavy atom. The van der Waals surface area contributed by atoms with E-state index in [0.717, 1.165) is 0 Å². The summed E-state index contributed by atoms with van der Waals surface area (Å²) in [6.07, 6.45) is 0. The normalized spacial score (nSPS) is 10.6. The molecule has 6 heteroatoms. The SMILES string of the molecule is COc1cc(-c2c(O)c(C(=O)O)cc3ccccc23)ccc1C(N)=O. The number of amides is 1. The largest absolute Gasteiger partial charge is 0.506 e. The molecule has 4 N–H and O–H groups in total. The van der Waals surface area contributed by atoms with Crippen molar-refractivity contribution in [3.8, 4) is 22.6 Å². The topological polar surface area (TPSA) is 110 Å². The molecule has 0 radical (unpaired) electrons. The number of benzene rings is 3. The van der Waals surface area contributed by atoms with Gasteiger partial charge in [0.05, 0.1) is 12.7 Å². The van der Waals surface area contributed by atoms with Crippen LogP contribution in [0, 0.1) is 0 Å². The van der Waals surface area contributed by atoms with E-state index in [4.69, 9.17) is 10.5 Å². The first-order valence-electron chi connectivity index (χ1n) is 7.40. The molecular formula is C19H15NO5. The molecule has 0 saturated heterocycles. The van der Waals surface area contributed by atoms with E-state index in [2.05, 4.69) is 0 Å². The van der Waals surface area contributed by atoms with E-state index in [1.165, 1.54) is 19.2 Å². The quantitative estimate of drug-likeness (QED) is 0.678. The molecule has 0 spiro atoms. The van der Waals surface area contributed by atoms with Crippen molar-refractivity contribution in [1.82, 2.24) is 0 Å². The summed E-state index contributed by atoms with van der Waals surface area (Å²) in [5.41, 5.74) is 6.18. The third-order valence-electron chi connectivity index (χ3n) is 4.01. The van der Waals surface area contributed by atoms with Crippen LogP contribution in [0.4, 0.5) is 0 Å². The number of fused-ring (bicyclic) bond motifs is 1. The lowest BCUT2D eigenvalue weighted by Crippen LogP contribution is -2.12. The van der Waals surface area contributed by atoms with Crippen LogP contribution in [-0.4, -0.2) is 29.2 Å². The van der Waals surface area contributed by atoms with Crippen molar-refractivity contribution in [1.29, 1.82) is 0 Å². The van der Waals surface area contributed by atoms with Gasteiger partial charge in [0, 0.05) is 5.56 Å². The van der Waals surface area contributed by atoms with Crippen LogP contribution in [0.1, 0.15) is 20.7 Å². The van der Waals surface area contributed by atoms with E-state index in [1.807, 2.05) is 0 Å². The number of ether oxygens (including phenoxy) is 1. The fraction of sp³-hybridized carbons (Fsp3) is 0.0526. The molecule has 3 aromatic rings. The molecule has 0 aromatic heterocycles. The predicted octanol–water partition coefficient (Wildman–Crippen LogP) is 3.02. The van der Waals surface area contributed by atoms with Crippen molar-refractivity contribution >= 4 is 22.6 Å². The number of primary amides is 1. The lowest BCUT2D eigenvalue weighted by molar-refractivity contribution is 0.0693. The zero-order chi connectivity index (χ0) is 18.1. The van der Waals surface area contributed by atoms with Gasteiger partial charge in [-0.3, -0.25) is 4.79 Å². The van der Waals surface area contributed by atoms with Gasteiger partial charge in [-0.1, -0.05) is 30.3 Å². The molecule has 3 rings (SSSR count). The number of hydrogen-bond donors (Lipinski definition) is 3. The number of phenols is 1. The first kappa shape index (κ1) is 16.3. The number of rotatable bonds is 4. The van der Waals surface area contributed by atoms with Gasteiger partial charge in [0.25, 0.3) is 5.91 Å². The standard InChI is InChI=1S/C19H15NO5/c1-25-15-9-11(6-7-13(15)18(20)22)16-12-5-3-2-4-10(12)8-14(17(16)21)19(23)24/h2-9,21H,1H3,(H2,20,22)(H,23,24). The fourth-order valence-electron chi connectivity index (χ4n) is 2.84. The van der Waals surface area contributed by atoms with Crippen molar-refractivity contribution < 1.29 is 24.5 Å². The Labute approximate surface area is 143 Å². The van der Waals surface area contributed by atoms with Gasteiger partial charge >= 0.3 is 5.97 Å². The Kier molecular flexibility index (Phi) is 4.02. The third-order valence-corrected chi connectivity index (χ3v) is 4.01. The minimum Gasteiger partial charge on any atom is -0.506 e. The van der Waals surface area contributed by atoms with E-state index in [1.54, 1.807) is 36.4 Å². The van der Waals surface area contributed by atoms with Gasteiger partial charge < -0.3 is 20.7 Å². The molecule has 0 aliphatic rings. The molecule has 0 heterocycles. The molecule has 0 fully saturated rings. The average molecular weight is 337 g/mol. The zero-order valence-electron chi connectivity index (χ0n) is 13.3. The number of carbonyl (C=O) groups is 2. The van der Waals surface area contributed by atoms with Crippen molar-refractivity contribution in [2.45, 2.75) is 0 Å². The van der Waals surface area contributed by atoms with Crippen LogP contribution in [0.5, 0.6) is 11.5 Å². The highest BCUT2D eigenvalue weighted by atomic mass is 16.5. The number of nitrogens with two attached hydrogens (primary N) is 1. The highest BCUT2D eigenvalue weighted by Crippen LogP contribution is 2.40. The van der Waals surface area contributed by atoms with E-state index in [9.17, 15) is 19.8 Å². The minimum atomic E-state index is -1.23. The highest BCUT2D eigenvalue weighted by molar-refractivity contribution is 6.07. The summed E-state index contributed by atoms with van der Waals surface area (Å²) in [6.45, 7) is 0. The first-order chi connectivity index (χ1) is 11.9. The summed E-state index contributed by atoms with van der Waals surface area (Å²) < 4.78 is 5.20. The average Bonchev–Trinajstić information content (AvgIpc) is 2.60. The Balaban J connectivity index is 2.37. The van der Waals surface area contributed by atoms with E-state index in [-0.39, 0.29) is 22.6 Å². The third kappa shape index (κ3) is 2.74. The lowest BCUT2D eigenvalue weighted by atomic mass is 9.93. The summed E-state index contributed by atoms with van der Waals surface area (Å²) in [5, 5.41) is 21.3. The van der Waals surface area contributed by atoms with Gasteiger partial charge in [-0.05, 0) is 34.5 Å². The number of methoxy groups -OCH3 is 1. The monoisotopic (exact) mass is 337 g/mol. The van der Waals surface area contributed by atoms with Gasteiger partial charge in [0.2, 0.25) is 0 Å². The van der Waals surface area contributed by atoms with Crippen molar-refractivity contribution in [3.63, 3.8) is 0 Å². The number of carboxylic acids is 1. The molecule has 0 aliphatic heterocycles. The molecule has 0 bridgehead atoms. The van der Waals surface area contributed by atoms with E-state index < -0.39 is 11.9 Å². The molecule has 0 aliphatic carbocycles. The Hall–Kier alpha value is -3.54. The van der Waals surface area contributed by atoms with Gasteiger partial charge in [0.1, 0.15) is 17.1 Å². The van der Waals surface area contributed by atoms with Crippen molar-refractivity contribution in [2.75, 3.05) is 7.11 Å². The molecule has 25 heavy (non-hydrogen) atoms. The second-order valence-corrected chi connectivity index (χ2v) is 5.45. The van der Waals surface area contributed by atoms with Crippen LogP contribution in [0.3, 0.4) is 0 Å². The molecule has 0 atom stereocenters. The maximum Gasteiger partial charge on any atom is 0.339 e. The van der Waals surface area contributed by atoms with Crippen LogP contribution in [-0.2, 0) is 0 Å². The van der Waals surface area contributed by atoms with Crippen LogP contribution in [0.15, 0.2) is 48.5 Å². The predicted molar refractivity (Wildman–Crippen MR) is 93.1 cm³/mol. The minimum absolute atomic E-state index is 0.199. The summed E-state index contributed by atoms with van der Waals surface area (Å²) in [6, 6.07) is 13.2. The molecule has 6 nitrogen and oxygen atoms in total. The lowest BCUT2D eigenvalue weighted by Gasteiger charge is -2.14. The van der Waals surface area contributed by atoms with Gasteiger partial charge in [0.15, 0.2) is 0 Å². The van der Waals surface area contributed by atoms with E-state index in [0.29, 0.717) is 21.9 Å². The second kappa shape index (κ2) is 6.16. The number of aromatic hydroxyl groups is 1. The smallest absolute Gasteiger partial charge is 0.339 e. The van der Waals surface area contributed by atoms with E-state index >= 15 is 0 Å². The second-order valence-electron chi connectivity index (χ2n) is 5.45. The van der Waals surface area contributed by atoms with Crippen LogP contribution >= 0.6 is 0 Å². The van der Waals surface area contributed by atoms with Crippen LogP contribution in [0.2, 0.25) is 0 Å². The molecular weight excluding hydrogens is 322 g/mol. The number of hydrogen-bond acceptors (Lipinski definition) is 4. The molecule has 3 aromatic carbocycles. The first-order valence-corrected chi connectivity index (χ1v) is 7.40. The molecule has 1 amide bonds. The van der Waals surface area contributed by atoms with Crippen molar-refractivity contribution in [3.05, 3.63) is 59.7 Å². The maximum atomic E-state index is 11.5. The highest BCUT2D eigenvalue weighted by Gasteiger charge is 2.20. The Morgan fingerprint density at radius 3 is 2.40 bits per heavy atom. The van der Waals surface area contributed by atoms with Crippen molar-refractivity contribution in [2.24, 2.45) is 5.73 Å². The Bertz CT molecular complexity index is 1010. The summed E-state index contributed by atoms with van der Waals surface area (Å²) in [5.74, 6) is -1.98.